The number of hydrogen-bond donors (Lipinski definition) is 0. The third-order valence-electron chi connectivity index (χ3n) is 2.58. The van der Waals surface area contributed by atoms with Crippen molar-refractivity contribution in [2.75, 3.05) is 24.0 Å². The standard InChI is InChI=1S/C12H18N2OS/c1-9(8-16-4)14(3)12-6-5-11(7-13-12)10(2)15/h5-7,9H,8H2,1-4H3. The number of Topliss-reactive ketones (excluding diaryl/α,β-unsaturated/α-hetero) is 1. The summed E-state index contributed by atoms with van der Waals surface area (Å²) in [5.74, 6) is 2.03. The minimum Gasteiger partial charge on any atom is -0.356 e. The molecule has 0 aliphatic carbocycles. The molecule has 88 valence electrons. The van der Waals surface area contributed by atoms with Gasteiger partial charge in [0.1, 0.15) is 5.82 Å². The lowest BCUT2D eigenvalue weighted by atomic mass is 10.2. The zero-order valence-corrected chi connectivity index (χ0v) is 11.0. The summed E-state index contributed by atoms with van der Waals surface area (Å²) >= 11 is 1.82. The van der Waals surface area contributed by atoms with Crippen LogP contribution in [0.25, 0.3) is 0 Å². The molecule has 0 N–H and O–H groups in total. The molecular weight excluding hydrogens is 220 g/mol. The minimum atomic E-state index is 0.0545. The predicted octanol–water partition coefficient (Wildman–Crippen LogP) is 2.47. The molecule has 4 heteroatoms. The van der Waals surface area contributed by atoms with E-state index in [9.17, 15) is 4.79 Å². The van der Waals surface area contributed by atoms with Gasteiger partial charge in [-0.25, -0.2) is 4.98 Å². The minimum absolute atomic E-state index is 0.0545. The van der Waals surface area contributed by atoms with E-state index in [1.807, 2.05) is 30.9 Å². The largest absolute Gasteiger partial charge is 0.356 e. The monoisotopic (exact) mass is 238 g/mol. The van der Waals surface area contributed by atoms with Crippen LogP contribution < -0.4 is 4.90 Å². The fourth-order valence-electron chi connectivity index (χ4n) is 1.38. The van der Waals surface area contributed by atoms with Crippen molar-refractivity contribution in [3.05, 3.63) is 23.9 Å². The molecule has 1 rings (SSSR count). The molecular formula is C12H18N2OS. The van der Waals surface area contributed by atoms with Gasteiger partial charge in [-0.05, 0) is 32.2 Å². The van der Waals surface area contributed by atoms with Crippen molar-refractivity contribution in [1.29, 1.82) is 0 Å². The van der Waals surface area contributed by atoms with Gasteiger partial charge in [-0.15, -0.1) is 0 Å². The Labute approximate surface area is 101 Å². The maximum absolute atomic E-state index is 11.1. The summed E-state index contributed by atoms with van der Waals surface area (Å²) in [5.41, 5.74) is 0.662. The Bertz CT molecular complexity index is 351. The SMILES string of the molecule is CSCC(C)N(C)c1ccc(C(C)=O)cn1. The quantitative estimate of drug-likeness (QED) is 0.738. The van der Waals surface area contributed by atoms with Crippen LogP contribution in [0.5, 0.6) is 0 Å². The summed E-state index contributed by atoms with van der Waals surface area (Å²) in [4.78, 5) is 17.5. The van der Waals surface area contributed by atoms with Gasteiger partial charge >= 0.3 is 0 Å². The maximum atomic E-state index is 11.1. The van der Waals surface area contributed by atoms with Crippen LogP contribution in [-0.4, -0.2) is 35.9 Å². The highest BCUT2D eigenvalue weighted by atomic mass is 32.2. The fourth-order valence-corrected chi connectivity index (χ4v) is 2.09. The Kier molecular flexibility index (Phi) is 4.80. The van der Waals surface area contributed by atoms with Crippen molar-refractivity contribution in [2.24, 2.45) is 0 Å². The highest BCUT2D eigenvalue weighted by Crippen LogP contribution is 2.14. The van der Waals surface area contributed by atoms with Gasteiger partial charge in [0, 0.05) is 30.6 Å². The molecule has 0 saturated heterocycles. The van der Waals surface area contributed by atoms with Crippen LogP contribution >= 0.6 is 11.8 Å². The summed E-state index contributed by atoms with van der Waals surface area (Å²) < 4.78 is 0. The molecule has 0 aliphatic heterocycles. The second-order valence-corrected chi connectivity index (χ2v) is 4.79. The van der Waals surface area contributed by atoms with Gasteiger partial charge in [-0.2, -0.15) is 11.8 Å². The molecule has 1 unspecified atom stereocenters. The molecule has 1 atom stereocenters. The first kappa shape index (κ1) is 13.0. The first-order chi connectivity index (χ1) is 7.56. The number of hydrogen-bond acceptors (Lipinski definition) is 4. The Balaban J connectivity index is 2.77. The second kappa shape index (κ2) is 5.89. The van der Waals surface area contributed by atoms with Crippen molar-refractivity contribution in [2.45, 2.75) is 19.9 Å². The van der Waals surface area contributed by atoms with Crippen molar-refractivity contribution >= 4 is 23.4 Å². The Morgan fingerprint density at radius 1 is 1.56 bits per heavy atom. The smallest absolute Gasteiger partial charge is 0.161 e. The first-order valence-corrected chi connectivity index (χ1v) is 6.64. The fraction of sp³-hybridized carbons (Fsp3) is 0.500. The predicted molar refractivity (Wildman–Crippen MR) is 70.5 cm³/mol. The maximum Gasteiger partial charge on any atom is 0.161 e. The lowest BCUT2D eigenvalue weighted by Gasteiger charge is -2.25. The molecule has 0 radical (unpaired) electrons. The Morgan fingerprint density at radius 3 is 2.69 bits per heavy atom. The first-order valence-electron chi connectivity index (χ1n) is 5.25. The number of carbonyl (C=O) groups excluding carboxylic acids is 1. The van der Waals surface area contributed by atoms with E-state index >= 15 is 0 Å². The number of rotatable bonds is 5. The molecule has 0 bridgehead atoms. The third-order valence-corrected chi connectivity index (χ3v) is 3.40. The summed E-state index contributed by atoms with van der Waals surface area (Å²) in [6.07, 6.45) is 3.73. The summed E-state index contributed by atoms with van der Waals surface area (Å²) in [6.45, 7) is 3.72. The van der Waals surface area contributed by atoms with Gasteiger partial charge in [0.15, 0.2) is 5.78 Å². The average Bonchev–Trinajstić information content (AvgIpc) is 2.28. The molecule has 16 heavy (non-hydrogen) atoms. The van der Waals surface area contributed by atoms with Crippen molar-refractivity contribution in [3.63, 3.8) is 0 Å². The van der Waals surface area contributed by atoms with Crippen LogP contribution in [0.1, 0.15) is 24.2 Å². The average molecular weight is 238 g/mol. The number of pyridine rings is 1. The van der Waals surface area contributed by atoms with E-state index in [0.29, 0.717) is 11.6 Å². The summed E-state index contributed by atoms with van der Waals surface area (Å²) in [5, 5.41) is 0. The number of ketones is 1. The van der Waals surface area contributed by atoms with E-state index < -0.39 is 0 Å². The van der Waals surface area contributed by atoms with Crippen molar-refractivity contribution in [1.82, 2.24) is 4.98 Å². The van der Waals surface area contributed by atoms with Crippen LogP contribution in [-0.2, 0) is 0 Å². The number of carbonyl (C=O) groups is 1. The molecule has 0 fully saturated rings. The van der Waals surface area contributed by atoms with Crippen LogP contribution in [0.3, 0.4) is 0 Å². The normalized spacial score (nSPS) is 12.2. The van der Waals surface area contributed by atoms with E-state index in [1.165, 1.54) is 0 Å². The summed E-state index contributed by atoms with van der Waals surface area (Å²) in [6, 6.07) is 4.16. The molecule has 0 aromatic carbocycles. The number of nitrogens with zero attached hydrogens (tertiary/aromatic N) is 2. The van der Waals surface area contributed by atoms with E-state index in [1.54, 1.807) is 13.1 Å². The van der Waals surface area contributed by atoms with Crippen LogP contribution in [0, 0.1) is 0 Å². The number of aromatic nitrogens is 1. The van der Waals surface area contributed by atoms with E-state index in [0.717, 1.165) is 11.6 Å². The lowest BCUT2D eigenvalue weighted by molar-refractivity contribution is 0.101. The molecule has 1 aromatic heterocycles. The molecule has 0 spiro atoms. The molecule has 1 aromatic rings. The molecule has 3 nitrogen and oxygen atoms in total. The zero-order chi connectivity index (χ0) is 12.1. The van der Waals surface area contributed by atoms with Crippen LogP contribution in [0.2, 0.25) is 0 Å². The molecule has 0 amide bonds. The molecule has 1 heterocycles. The van der Waals surface area contributed by atoms with Crippen molar-refractivity contribution in [3.8, 4) is 0 Å². The van der Waals surface area contributed by atoms with Crippen molar-refractivity contribution < 1.29 is 4.79 Å². The van der Waals surface area contributed by atoms with Gasteiger partial charge in [-0.3, -0.25) is 4.79 Å². The van der Waals surface area contributed by atoms with E-state index in [2.05, 4.69) is 23.1 Å². The van der Waals surface area contributed by atoms with E-state index in [4.69, 9.17) is 0 Å². The Morgan fingerprint density at radius 2 is 2.25 bits per heavy atom. The topological polar surface area (TPSA) is 33.2 Å². The van der Waals surface area contributed by atoms with Gasteiger partial charge in [0.05, 0.1) is 0 Å². The van der Waals surface area contributed by atoms with Crippen LogP contribution in [0.15, 0.2) is 18.3 Å². The Hall–Kier alpha value is -1.03. The number of anilines is 1. The van der Waals surface area contributed by atoms with Gasteiger partial charge < -0.3 is 4.90 Å². The zero-order valence-electron chi connectivity index (χ0n) is 10.2. The molecule has 0 aliphatic rings. The number of thioether (sulfide) groups is 1. The highest BCUT2D eigenvalue weighted by molar-refractivity contribution is 7.98. The third kappa shape index (κ3) is 3.23. The molecule has 0 saturated carbocycles. The van der Waals surface area contributed by atoms with Gasteiger partial charge in [0.2, 0.25) is 0 Å². The van der Waals surface area contributed by atoms with Crippen LogP contribution in [0.4, 0.5) is 5.82 Å². The van der Waals surface area contributed by atoms with Gasteiger partial charge in [-0.1, -0.05) is 0 Å². The highest BCUT2D eigenvalue weighted by Gasteiger charge is 2.10. The summed E-state index contributed by atoms with van der Waals surface area (Å²) in [7, 11) is 2.02. The van der Waals surface area contributed by atoms with Gasteiger partial charge in [0.25, 0.3) is 0 Å². The second-order valence-electron chi connectivity index (χ2n) is 3.88. The van der Waals surface area contributed by atoms with E-state index in [-0.39, 0.29) is 5.78 Å². The lowest BCUT2D eigenvalue weighted by Crippen LogP contribution is -2.31.